The minimum absolute atomic E-state index is 0. The molecule has 0 saturated carbocycles. The molecule has 27 heavy (non-hydrogen) atoms. The molecule has 0 bridgehead atoms. The van der Waals surface area contributed by atoms with Gasteiger partial charge in [0.25, 0.3) is 0 Å². The Kier molecular flexibility index (Phi) is 5.94. The van der Waals surface area contributed by atoms with E-state index in [2.05, 4.69) is 18.0 Å². The van der Waals surface area contributed by atoms with E-state index in [1.807, 2.05) is 25.1 Å². The number of carboxylic acids is 1. The average Bonchev–Trinajstić information content (AvgIpc) is 2.93. The van der Waals surface area contributed by atoms with Crippen LogP contribution in [0.1, 0.15) is 51.0 Å². The maximum atomic E-state index is 11.8. The highest BCUT2D eigenvalue weighted by Crippen LogP contribution is 2.45. The lowest BCUT2D eigenvalue weighted by atomic mass is 9.90. The number of carbonyl (C=O) groups is 1. The number of hydrogen-bond acceptors (Lipinski definition) is 4. The zero-order chi connectivity index (χ0) is 18.3. The minimum Gasteiger partial charge on any atom is -0.488 e. The molecule has 1 saturated heterocycles. The van der Waals surface area contributed by atoms with Crippen molar-refractivity contribution >= 4 is 35.3 Å². The summed E-state index contributed by atoms with van der Waals surface area (Å²) in [7, 11) is 2.15. The third kappa shape index (κ3) is 3.51. The number of benzene rings is 1. The number of rotatable bonds is 2. The summed E-state index contributed by atoms with van der Waals surface area (Å²) >= 11 is 1.42. The van der Waals surface area contributed by atoms with Gasteiger partial charge in [0.15, 0.2) is 0 Å². The number of thiophene rings is 1. The summed E-state index contributed by atoms with van der Waals surface area (Å²) in [6.45, 7) is 4.54. The number of halogens is 1. The Balaban J connectivity index is 0.00000210. The summed E-state index contributed by atoms with van der Waals surface area (Å²) in [5, 5.41) is 9.69. The fourth-order valence-corrected chi connectivity index (χ4v) is 5.31. The highest BCUT2D eigenvalue weighted by atomic mass is 35.5. The molecule has 2 aromatic rings. The molecule has 3 heterocycles. The van der Waals surface area contributed by atoms with Gasteiger partial charge >= 0.3 is 5.97 Å². The normalized spacial score (nSPS) is 16.7. The van der Waals surface area contributed by atoms with Gasteiger partial charge < -0.3 is 14.7 Å². The molecule has 0 unspecified atom stereocenters. The maximum Gasteiger partial charge on any atom is 0.346 e. The molecule has 1 fully saturated rings. The maximum absolute atomic E-state index is 11.8. The van der Waals surface area contributed by atoms with Crippen molar-refractivity contribution in [3.05, 3.63) is 56.3 Å². The largest absolute Gasteiger partial charge is 0.488 e. The van der Waals surface area contributed by atoms with Crippen LogP contribution in [-0.2, 0) is 13.0 Å². The van der Waals surface area contributed by atoms with Crippen LogP contribution in [0, 0.1) is 0 Å². The first-order valence-electron chi connectivity index (χ1n) is 9.11. The second kappa shape index (κ2) is 8.05. The Morgan fingerprint density at radius 3 is 2.63 bits per heavy atom. The minimum atomic E-state index is -0.832. The SMILES string of the molecule is CCc1c(C(=O)O)sc2c1COc1ccccc1C2=C1CCN(C)CC1.Cl. The Bertz CT molecular complexity index is 893. The first-order valence-corrected chi connectivity index (χ1v) is 9.92. The topological polar surface area (TPSA) is 49.8 Å². The zero-order valence-electron chi connectivity index (χ0n) is 15.6. The number of aromatic carboxylic acids is 1. The van der Waals surface area contributed by atoms with E-state index in [9.17, 15) is 9.90 Å². The molecule has 4 nitrogen and oxygen atoms in total. The molecule has 2 aliphatic heterocycles. The molecule has 2 aliphatic rings. The van der Waals surface area contributed by atoms with E-state index in [1.54, 1.807) is 0 Å². The zero-order valence-corrected chi connectivity index (χ0v) is 17.2. The summed E-state index contributed by atoms with van der Waals surface area (Å²) in [6, 6.07) is 8.16. The van der Waals surface area contributed by atoms with E-state index in [4.69, 9.17) is 4.74 Å². The number of fused-ring (bicyclic) bond motifs is 2. The lowest BCUT2D eigenvalue weighted by molar-refractivity contribution is 0.0701. The third-order valence-corrected chi connectivity index (χ3v) is 6.64. The van der Waals surface area contributed by atoms with Gasteiger partial charge in [0.2, 0.25) is 0 Å². The molecule has 6 heteroatoms. The van der Waals surface area contributed by atoms with Crippen LogP contribution in [-0.4, -0.2) is 36.1 Å². The van der Waals surface area contributed by atoms with Crippen LogP contribution in [0.2, 0.25) is 0 Å². The van der Waals surface area contributed by atoms with Crippen molar-refractivity contribution in [2.24, 2.45) is 0 Å². The van der Waals surface area contributed by atoms with Crippen LogP contribution in [0.25, 0.3) is 5.57 Å². The number of ether oxygens (including phenoxy) is 1. The van der Waals surface area contributed by atoms with Gasteiger partial charge in [-0.25, -0.2) is 4.79 Å². The molecule has 1 aromatic heterocycles. The fraction of sp³-hybridized carbons (Fsp3) is 0.381. The first kappa shape index (κ1) is 19.9. The molecule has 1 N–H and O–H groups in total. The molecule has 144 valence electrons. The van der Waals surface area contributed by atoms with Crippen LogP contribution in [0.5, 0.6) is 5.75 Å². The Hall–Kier alpha value is -1.82. The van der Waals surface area contributed by atoms with Gasteiger partial charge in [0.1, 0.15) is 17.2 Å². The molecule has 0 aliphatic carbocycles. The third-order valence-electron chi connectivity index (χ3n) is 5.36. The summed E-state index contributed by atoms with van der Waals surface area (Å²) in [6.07, 6.45) is 2.74. The molecular formula is C21H24ClNO3S. The van der Waals surface area contributed by atoms with Gasteiger partial charge in [0.05, 0.1) is 0 Å². The van der Waals surface area contributed by atoms with E-state index in [0.29, 0.717) is 17.9 Å². The highest BCUT2D eigenvalue weighted by molar-refractivity contribution is 7.15. The number of para-hydroxylation sites is 1. The highest BCUT2D eigenvalue weighted by Gasteiger charge is 2.30. The molecule has 4 rings (SSSR count). The Labute approximate surface area is 169 Å². The molecule has 0 atom stereocenters. The average molecular weight is 406 g/mol. The molecule has 1 aromatic carbocycles. The Morgan fingerprint density at radius 1 is 1.26 bits per heavy atom. The van der Waals surface area contributed by atoms with Crippen LogP contribution in [0.4, 0.5) is 0 Å². The van der Waals surface area contributed by atoms with E-state index in [-0.39, 0.29) is 12.4 Å². The van der Waals surface area contributed by atoms with Crippen LogP contribution >= 0.6 is 23.7 Å². The van der Waals surface area contributed by atoms with Crippen molar-refractivity contribution in [2.45, 2.75) is 32.8 Å². The number of likely N-dealkylation sites (tertiary alicyclic amines) is 1. The molecule has 0 amide bonds. The van der Waals surface area contributed by atoms with E-state index in [0.717, 1.165) is 53.2 Å². The summed E-state index contributed by atoms with van der Waals surface area (Å²) in [4.78, 5) is 15.7. The van der Waals surface area contributed by atoms with Gasteiger partial charge in [0, 0.05) is 34.7 Å². The smallest absolute Gasteiger partial charge is 0.346 e. The lowest BCUT2D eigenvalue weighted by Gasteiger charge is -2.26. The number of piperidine rings is 1. The lowest BCUT2D eigenvalue weighted by Crippen LogP contribution is -2.26. The molecule has 0 radical (unpaired) electrons. The van der Waals surface area contributed by atoms with Crippen molar-refractivity contribution in [3.8, 4) is 5.75 Å². The molecular weight excluding hydrogens is 382 g/mol. The van der Waals surface area contributed by atoms with Gasteiger partial charge in [-0.3, -0.25) is 0 Å². The van der Waals surface area contributed by atoms with Crippen molar-refractivity contribution in [1.29, 1.82) is 0 Å². The van der Waals surface area contributed by atoms with Crippen molar-refractivity contribution in [2.75, 3.05) is 20.1 Å². The van der Waals surface area contributed by atoms with Gasteiger partial charge in [-0.2, -0.15) is 0 Å². The van der Waals surface area contributed by atoms with Crippen LogP contribution in [0.3, 0.4) is 0 Å². The predicted octanol–water partition coefficient (Wildman–Crippen LogP) is 4.85. The fourth-order valence-electron chi connectivity index (χ4n) is 3.96. The first-order chi connectivity index (χ1) is 12.6. The van der Waals surface area contributed by atoms with Crippen molar-refractivity contribution in [1.82, 2.24) is 4.90 Å². The van der Waals surface area contributed by atoms with E-state index >= 15 is 0 Å². The van der Waals surface area contributed by atoms with E-state index in [1.165, 1.54) is 22.5 Å². The summed E-state index contributed by atoms with van der Waals surface area (Å²) < 4.78 is 6.12. The number of hydrogen-bond donors (Lipinski definition) is 1. The quantitative estimate of drug-likeness (QED) is 0.775. The van der Waals surface area contributed by atoms with E-state index < -0.39 is 5.97 Å². The predicted molar refractivity (Wildman–Crippen MR) is 111 cm³/mol. The van der Waals surface area contributed by atoms with Crippen molar-refractivity contribution < 1.29 is 14.6 Å². The number of nitrogens with zero attached hydrogens (tertiary/aromatic N) is 1. The Morgan fingerprint density at radius 2 is 1.96 bits per heavy atom. The van der Waals surface area contributed by atoms with Crippen LogP contribution in [0.15, 0.2) is 29.8 Å². The standard InChI is InChI=1S/C21H23NO3S.ClH/c1-3-14-16-12-25-17-7-5-4-6-15(17)18(13-8-10-22(2)11-9-13)19(16)26-20(14)21(23)24;/h4-7H,3,8-12H2,1-2H3,(H,23,24);1H. The van der Waals surface area contributed by atoms with Gasteiger partial charge in [-0.1, -0.05) is 30.7 Å². The van der Waals surface area contributed by atoms with Gasteiger partial charge in [-0.05, 0) is 37.9 Å². The molecule has 0 spiro atoms. The van der Waals surface area contributed by atoms with Gasteiger partial charge in [-0.15, -0.1) is 23.7 Å². The number of carboxylic acid groups (broad SMARTS) is 1. The second-order valence-corrected chi connectivity index (χ2v) is 7.96. The summed E-state index contributed by atoms with van der Waals surface area (Å²) in [5.74, 6) is 0.0668. The van der Waals surface area contributed by atoms with Crippen molar-refractivity contribution in [3.63, 3.8) is 0 Å². The monoisotopic (exact) mass is 405 g/mol. The second-order valence-electron chi connectivity index (χ2n) is 6.94. The van der Waals surface area contributed by atoms with Crippen LogP contribution < -0.4 is 4.74 Å². The summed E-state index contributed by atoms with van der Waals surface area (Å²) in [5.41, 5.74) is 5.73.